The van der Waals surface area contributed by atoms with Crippen molar-refractivity contribution in [1.29, 1.82) is 0 Å². The number of hydrogen-bond donors (Lipinski definition) is 2. The number of carbonyl (C=O) groups is 2. The van der Waals surface area contributed by atoms with Gasteiger partial charge in [0.05, 0.1) is 5.52 Å². The Morgan fingerprint density at radius 1 is 1.31 bits per heavy atom. The third kappa shape index (κ3) is 1.49. The lowest BCUT2D eigenvalue weighted by molar-refractivity contribution is 0.0682. The standard InChI is InChI=1S/C9H5ClN2O4/c10-4-1-2-12-5(3-4)6(8(13)14)11-7(12)9(15)16/h1-3H,(H,13,14)(H,15,16). The Hall–Kier alpha value is -2.08. The van der Waals surface area contributed by atoms with Crippen molar-refractivity contribution < 1.29 is 19.8 Å². The molecule has 0 aromatic carbocycles. The van der Waals surface area contributed by atoms with Gasteiger partial charge < -0.3 is 10.2 Å². The fourth-order valence-electron chi connectivity index (χ4n) is 1.37. The van der Waals surface area contributed by atoms with E-state index < -0.39 is 11.9 Å². The first kappa shape index (κ1) is 10.4. The molecule has 0 aliphatic heterocycles. The first-order valence-corrected chi connectivity index (χ1v) is 4.52. The molecule has 0 radical (unpaired) electrons. The lowest BCUT2D eigenvalue weighted by Gasteiger charge is -1.96. The van der Waals surface area contributed by atoms with Crippen molar-refractivity contribution in [3.05, 3.63) is 34.9 Å². The smallest absolute Gasteiger partial charge is 0.372 e. The van der Waals surface area contributed by atoms with E-state index in [4.69, 9.17) is 21.8 Å². The van der Waals surface area contributed by atoms with Crippen molar-refractivity contribution >= 4 is 29.1 Å². The monoisotopic (exact) mass is 240 g/mol. The SMILES string of the molecule is O=C(O)c1nc(C(=O)O)n2ccc(Cl)cc12. The second kappa shape index (κ2) is 3.49. The third-order valence-electron chi connectivity index (χ3n) is 2.00. The van der Waals surface area contributed by atoms with Crippen molar-refractivity contribution in [2.75, 3.05) is 0 Å². The molecular weight excluding hydrogens is 236 g/mol. The van der Waals surface area contributed by atoms with E-state index in [1.807, 2.05) is 0 Å². The Balaban J connectivity index is 2.87. The molecule has 0 aliphatic rings. The molecule has 6 nitrogen and oxygen atoms in total. The Morgan fingerprint density at radius 2 is 2.00 bits per heavy atom. The molecule has 7 heteroatoms. The summed E-state index contributed by atoms with van der Waals surface area (Å²) in [6, 6.07) is 2.80. The number of carboxylic acid groups (broad SMARTS) is 2. The molecule has 0 bridgehead atoms. The molecule has 0 aliphatic carbocycles. The molecule has 0 spiro atoms. The van der Waals surface area contributed by atoms with E-state index >= 15 is 0 Å². The number of fused-ring (bicyclic) bond motifs is 1. The van der Waals surface area contributed by atoms with Gasteiger partial charge in [-0.25, -0.2) is 14.6 Å². The summed E-state index contributed by atoms with van der Waals surface area (Å²) in [5, 5.41) is 18.0. The van der Waals surface area contributed by atoms with Crippen LogP contribution in [0, 0.1) is 0 Å². The summed E-state index contributed by atoms with van der Waals surface area (Å²) in [5.41, 5.74) is -0.183. The van der Waals surface area contributed by atoms with Gasteiger partial charge in [0, 0.05) is 11.2 Å². The number of pyridine rings is 1. The van der Waals surface area contributed by atoms with Crippen LogP contribution in [0.25, 0.3) is 5.52 Å². The molecular formula is C9H5ClN2O4. The Kier molecular flexibility index (Phi) is 2.28. The molecule has 0 unspecified atom stereocenters. The number of aromatic carboxylic acids is 2. The zero-order chi connectivity index (χ0) is 11.9. The lowest BCUT2D eigenvalue weighted by atomic mass is 10.3. The molecule has 16 heavy (non-hydrogen) atoms. The van der Waals surface area contributed by atoms with Crippen LogP contribution in [-0.4, -0.2) is 31.5 Å². The van der Waals surface area contributed by atoms with Crippen molar-refractivity contribution in [2.45, 2.75) is 0 Å². The molecule has 0 saturated heterocycles. The van der Waals surface area contributed by atoms with Crippen molar-refractivity contribution in [1.82, 2.24) is 9.38 Å². The maximum atomic E-state index is 10.9. The number of imidazole rings is 1. The molecule has 0 atom stereocenters. The second-order valence-corrected chi connectivity index (χ2v) is 3.43. The van der Waals surface area contributed by atoms with Crippen LogP contribution in [0.4, 0.5) is 0 Å². The third-order valence-corrected chi connectivity index (χ3v) is 2.23. The van der Waals surface area contributed by atoms with Crippen LogP contribution in [0.2, 0.25) is 5.02 Å². The van der Waals surface area contributed by atoms with Gasteiger partial charge in [-0.1, -0.05) is 11.6 Å². The molecule has 2 aromatic rings. The minimum absolute atomic E-state index is 0.150. The zero-order valence-electron chi connectivity index (χ0n) is 7.72. The largest absolute Gasteiger partial charge is 0.476 e. The normalized spacial score (nSPS) is 10.6. The van der Waals surface area contributed by atoms with Gasteiger partial charge in [-0.3, -0.25) is 4.40 Å². The van der Waals surface area contributed by atoms with Crippen LogP contribution in [-0.2, 0) is 0 Å². The predicted molar refractivity (Wildman–Crippen MR) is 54.1 cm³/mol. The maximum absolute atomic E-state index is 10.9. The van der Waals surface area contributed by atoms with Crippen LogP contribution < -0.4 is 0 Å². The van der Waals surface area contributed by atoms with Crippen molar-refractivity contribution in [2.24, 2.45) is 0 Å². The van der Waals surface area contributed by atoms with Crippen molar-refractivity contribution in [3.63, 3.8) is 0 Å². The topological polar surface area (TPSA) is 91.9 Å². The Labute approximate surface area is 93.7 Å². The second-order valence-electron chi connectivity index (χ2n) is 2.99. The maximum Gasteiger partial charge on any atom is 0.372 e. The number of aromatic nitrogens is 2. The van der Waals surface area contributed by atoms with E-state index in [9.17, 15) is 9.59 Å². The van der Waals surface area contributed by atoms with Crippen LogP contribution in [0.15, 0.2) is 18.3 Å². The van der Waals surface area contributed by atoms with Gasteiger partial charge in [0.15, 0.2) is 5.69 Å². The highest BCUT2D eigenvalue weighted by Crippen LogP contribution is 2.18. The molecule has 2 rings (SSSR count). The van der Waals surface area contributed by atoms with Crippen LogP contribution >= 0.6 is 11.6 Å². The van der Waals surface area contributed by atoms with Gasteiger partial charge in [-0.05, 0) is 12.1 Å². The van der Waals surface area contributed by atoms with E-state index in [2.05, 4.69) is 4.98 Å². The number of rotatable bonds is 2. The highest BCUT2D eigenvalue weighted by atomic mass is 35.5. The number of nitrogens with zero attached hydrogens (tertiary/aromatic N) is 2. The number of halogens is 1. The summed E-state index contributed by atoms with van der Waals surface area (Å²) >= 11 is 5.70. The highest BCUT2D eigenvalue weighted by Gasteiger charge is 2.20. The van der Waals surface area contributed by atoms with E-state index in [0.717, 1.165) is 4.40 Å². The van der Waals surface area contributed by atoms with Crippen molar-refractivity contribution in [3.8, 4) is 0 Å². The first-order chi connectivity index (χ1) is 7.50. The average Bonchev–Trinajstić information content (AvgIpc) is 2.56. The fraction of sp³-hybridized carbons (Fsp3) is 0. The quantitative estimate of drug-likeness (QED) is 0.827. The van der Waals surface area contributed by atoms with E-state index in [1.54, 1.807) is 0 Å². The molecule has 0 fully saturated rings. The van der Waals surface area contributed by atoms with Gasteiger partial charge in [-0.2, -0.15) is 0 Å². The summed E-state index contributed by atoms with van der Waals surface area (Å²) < 4.78 is 1.16. The highest BCUT2D eigenvalue weighted by molar-refractivity contribution is 6.31. The molecule has 0 saturated carbocycles. The van der Waals surface area contributed by atoms with E-state index in [-0.39, 0.29) is 17.0 Å². The summed E-state index contributed by atoms with van der Waals surface area (Å²) in [7, 11) is 0. The lowest BCUT2D eigenvalue weighted by Crippen LogP contribution is -2.03. The molecule has 0 amide bonds. The van der Waals surface area contributed by atoms with Crippen LogP contribution in [0.3, 0.4) is 0 Å². The summed E-state index contributed by atoms with van der Waals surface area (Å²) in [5.74, 6) is -2.96. The predicted octanol–water partition coefficient (Wildman–Crippen LogP) is 1.38. The van der Waals surface area contributed by atoms with Gasteiger partial charge in [0.25, 0.3) is 0 Å². The summed E-state index contributed by atoms with van der Waals surface area (Å²) in [4.78, 5) is 25.2. The summed E-state index contributed by atoms with van der Waals surface area (Å²) in [6.45, 7) is 0. The fourth-order valence-corrected chi connectivity index (χ4v) is 1.53. The van der Waals surface area contributed by atoms with E-state index in [0.29, 0.717) is 5.02 Å². The molecule has 2 heterocycles. The number of hydrogen-bond acceptors (Lipinski definition) is 3. The van der Waals surface area contributed by atoms with Crippen LogP contribution in [0.1, 0.15) is 21.1 Å². The zero-order valence-corrected chi connectivity index (χ0v) is 8.47. The molecule has 2 aromatic heterocycles. The minimum atomic E-state index is -1.30. The van der Waals surface area contributed by atoms with Gasteiger partial charge in [0.2, 0.25) is 5.82 Å². The van der Waals surface area contributed by atoms with Gasteiger partial charge in [-0.15, -0.1) is 0 Å². The van der Waals surface area contributed by atoms with E-state index in [1.165, 1.54) is 18.3 Å². The van der Waals surface area contributed by atoms with Gasteiger partial charge >= 0.3 is 11.9 Å². The summed E-state index contributed by atoms with van der Waals surface area (Å²) in [6.07, 6.45) is 1.36. The molecule has 2 N–H and O–H groups in total. The number of carboxylic acids is 2. The molecule has 82 valence electrons. The van der Waals surface area contributed by atoms with Gasteiger partial charge in [0.1, 0.15) is 0 Å². The Morgan fingerprint density at radius 3 is 2.56 bits per heavy atom. The average molecular weight is 241 g/mol. The van der Waals surface area contributed by atoms with Crippen LogP contribution in [0.5, 0.6) is 0 Å². The minimum Gasteiger partial charge on any atom is -0.476 e. The first-order valence-electron chi connectivity index (χ1n) is 4.15. The Bertz CT molecular complexity index is 605.